The molecule has 8 heteroatoms. The van der Waals surface area contributed by atoms with Gasteiger partial charge in [-0.1, -0.05) is 26.5 Å². The molecule has 8 nitrogen and oxygen atoms in total. The number of hydrogen-bond acceptors (Lipinski definition) is 6. The number of amides is 1. The van der Waals surface area contributed by atoms with Gasteiger partial charge in [0, 0.05) is 41.1 Å². The molecule has 1 aromatic carbocycles. The summed E-state index contributed by atoms with van der Waals surface area (Å²) in [5.41, 5.74) is 3.62. The van der Waals surface area contributed by atoms with E-state index in [1.807, 2.05) is 41.0 Å². The Kier molecular flexibility index (Phi) is 6.37. The third-order valence-corrected chi connectivity index (χ3v) is 6.01. The van der Waals surface area contributed by atoms with Crippen LogP contribution in [-0.2, 0) is 4.79 Å². The zero-order chi connectivity index (χ0) is 23.6. The van der Waals surface area contributed by atoms with Crippen LogP contribution in [0.2, 0.25) is 0 Å². The van der Waals surface area contributed by atoms with Gasteiger partial charge in [-0.3, -0.25) is 4.79 Å². The van der Waals surface area contributed by atoms with Crippen molar-refractivity contribution >= 4 is 34.6 Å². The third-order valence-electron chi connectivity index (χ3n) is 6.01. The van der Waals surface area contributed by atoms with E-state index < -0.39 is 0 Å². The molecular formula is C25H33N7O. The van der Waals surface area contributed by atoms with Gasteiger partial charge in [-0.05, 0) is 56.9 Å². The quantitative estimate of drug-likeness (QED) is 0.394. The van der Waals surface area contributed by atoms with E-state index >= 15 is 0 Å². The van der Waals surface area contributed by atoms with E-state index in [-0.39, 0.29) is 11.4 Å². The maximum Gasteiger partial charge on any atom is 0.247 e. The van der Waals surface area contributed by atoms with Crippen LogP contribution in [0.25, 0.3) is 5.65 Å². The van der Waals surface area contributed by atoms with Gasteiger partial charge in [0.1, 0.15) is 11.6 Å². The largest absolute Gasteiger partial charge is 0.366 e. The molecule has 0 saturated carbocycles. The molecule has 1 fully saturated rings. The molecule has 2 aromatic heterocycles. The fourth-order valence-electron chi connectivity index (χ4n) is 4.02. The van der Waals surface area contributed by atoms with Crippen LogP contribution in [0, 0.1) is 0 Å². The molecule has 1 saturated heterocycles. The van der Waals surface area contributed by atoms with Gasteiger partial charge in [-0.2, -0.15) is 9.61 Å². The normalized spacial score (nSPS) is 17.7. The highest BCUT2D eigenvalue weighted by Crippen LogP contribution is 2.28. The molecule has 4 N–H and O–H groups in total. The SMILES string of the molecule is C=CC(=O)Nc1cccc(Nc2cc(N[C@H]3CCC(C)(C)NC3)nc3c(C(C)C)cnn23)c1. The Balaban J connectivity index is 1.65. The van der Waals surface area contributed by atoms with Crippen LogP contribution in [-0.4, -0.2) is 38.6 Å². The van der Waals surface area contributed by atoms with E-state index in [9.17, 15) is 4.79 Å². The topological polar surface area (TPSA) is 95.4 Å². The van der Waals surface area contributed by atoms with Crippen molar-refractivity contribution in [2.75, 3.05) is 22.5 Å². The number of carbonyl (C=O) groups excluding carboxylic acids is 1. The maximum atomic E-state index is 11.7. The molecule has 1 atom stereocenters. The van der Waals surface area contributed by atoms with Gasteiger partial charge in [-0.15, -0.1) is 0 Å². The molecule has 0 bridgehead atoms. The van der Waals surface area contributed by atoms with Gasteiger partial charge in [0.2, 0.25) is 5.91 Å². The Labute approximate surface area is 194 Å². The monoisotopic (exact) mass is 447 g/mol. The number of aromatic nitrogens is 3. The standard InChI is InChI=1S/C25H33N7O/c1-6-23(33)30-18-9-7-8-17(12-18)29-22-13-21(28-19-10-11-25(4,5)26-14-19)31-24-20(16(2)3)15-27-32(22)24/h6-9,12-13,15-16,19,26,29H,1,10-11,14H2,2-5H3,(H,28,31)(H,30,33)/t19-/m0/s1. The first-order chi connectivity index (χ1) is 15.7. The summed E-state index contributed by atoms with van der Waals surface area (Å²) >= 11 is 0. The number of rotatable bonds is 7. The van der Waals surface area contributed by atoms with E-state index in [4.69, 9.17) is 4.98 Å². The van der Waals surface area contributed by atoms with E-state index in [0.717, 1.165) is 47.9 Å². The van der Waals surface area contributed by atoms with Crippen LogP contribution >= 0.6 is 0 Å². The van der Waals surface area contributed by atoms with Gasteiger partial charge in [0.15, 0.2) is 5.65 Å². The average molecular weight is 448 g/mol. The predicted molar refractivity (Wildman–Crippen MR) is 134 cm³/mol. The summed E-state index contributed by atoms with van der Waals surface area (Å²) < 4.78 is 1.83. The van der Waals surface area contributed by atoms with Crippen LogP contribution in [0.3, 0.4) is 0 Å². The second-order valence-electron chi connectivity index (χ2n) is 9.56. The summed E-state index contributed by atoms with van der Waals surface area (Å²) in [5.74, 6) is 1.66. The van der Waals surface area contributed by atoms with Crippen LogP contribution < -0.4 is 21.3 Å². The summed E-state index contributed by atoms with van der Waals surface area (Å²) in [6, 6.07) is 9.84. The highest BCUT2D eigenvalue weighted by molar-refractivity contribution is 5.99. The second kappa shape index (κ2) is 9.23. The molecule has 0 spiro atoms. The van der Waals surface area contributed by atoms with Crippen LogP contribution in [0.4, 0.5) is 23.0 Å². The molecule has 3 aromatic rings. The van der Waals surface area contributed by atoms with E-state index in [2.05, 4.69) is 60.6 Å². The third kappa shape index (κ3) is 5.34. The fraction of sp³-hybridized carbons (Fsp3) is 0.400. The highest BCUT2D eigenvalue weighted by atomic mass is 16.1. The molecule has 33 heavy (non-hydrogen) atoms. The van der Waals surface area contributed by atoms with Crippen molar-refractivity contribution in [3.63, 3.8) is 0 Å². The lowest BCUT2D eigenvalue weighted by molar-refractivity contribution is -0.111. The van der Waals surface area contributed by atoms with Gasteiger partial charge >= 0.3 is 0 Å². The van der Waals surface area contributed by atoms with Gasteiger partial charge in [-0.25, -0.2) is 4.98 Å². The lowest BCUT2D eigenvalue weighted by atomic mass is 9.91. The number of nitrogens with one attached hydrogen (secondary N) is 4. The van der Waals surface area contributed by atoms with Crippen molar-refractivity contribution in [3.05, 3.63) is 54.7 Å². The predicted octanol–water partition coefficient (Wildman–Crippen LogP) is 4.66. The minimum Gasteiger partial charge on any atom is -0.366 e. The zero-order valence-electron chi connectivity index (χ0n) is 19.8. The summed E-state index contributed by atoms with van der Waals surface area (Å²) in [7, 11) is 0. The fourth-order valence-corrected chi connectivity index (χ4v) is 4.02. The molecule has 0 unspecified atom stereocenters. The summed E-state index contributed by atoms with van der Waals surface area (Å²) in [4.78, 5) is 16.6. The molecular weight excluding hydrogens is 414 g/mol. The minimum atomic E-state index is -0.247. The summed E-state index contributed by atoms with van der Waals surface area (Å²) in [6.07, 6.45) is 5.32. The summed E-state index contributed by atoms with van der Waals surface area (Å²) in [6.45, 7) is 13.2. The van der Waals surface area contributed by atoms with Crippen molar-refractivity contribution in [1.29, 1.82) is 0 Å². The molecule has 0 radical (unpaired) electrons. The van der Waals surface area contributed by atoms with Crippen LogP contribution in [0.15, 0.2) is 49.2 Å². The first kappa shape index (κ1) is 22.8. The first-order valence-electron chi connectivity index (χ1n) is 11.4. The molecule has 4 rings (SSSR count). The highest BCUT2D eigenvalue weighted by Gasteiger charge is 2.26. The summed E-state index contributed by atoms with van der Waals surface area (Å²) in [5, 5.41) is 18.1. The molecule has 3 heterocycles. The molecule has 174 valence electrons. The smallest absolute Gasteiger partial charge is 0.247 e. The van der Waals surface area contributed by atoms with Crippen LogP contribution in [0.5, 0.6) is 0 Å². The van der Waals surface area contributed by atoms with Crippen LogP contribution in [0.1, 0.15) is 52.0 Å². The van der Waals surface area contributed by atoms with Gasteiger partial charge in [0.25, 0.3) is 0 Å². The number of nitrogens with zero attached hydrogens (tertiary/aromatic N) is 3. The van der Waals surface area contributed by atoms with E-state index in [0.29, 0.717) is 17.6 Å². The van der Waals surface area contributed by atoms with Gasteiger partial charge < -0.3 is 21.3 Å². The molecule has 1 aliphatic rings. The first-order valence-corrected chi connectivity index (χ1v) is 11.4. The Hall–Kier alpha value is -3.39. The Morgan fingerprint density at radius 3 is 2.79 bits per heavy atom. The molecule has 1 aliphatic heterocycles. The number of hydrogen-bond donors (Lipinski definition) is 4. The zero-order valence-corrected chi connectivity index (χ0v) is 19.8. The Morgan fingerprint density at radius 2 is 2.09 bits per heavy atom. The Morgan fingerprint density at radius 1 is 1.30 bits per heavy atom. The van der Waals surface area contributed by atoms with Crippen molar-refractivity contribution in [2.45, 2.75) is 58.0 Å². The van der Waals surface area contributed by atoms with Crippen molar-refractivity contribution in [2.24, 2.45) is 0 Å². The number of carbonyl (C=O) groups is 1. The van der Waals surface area contributed by atoms with Crippen molar-refractivity contribution in [1.82, 2.24) is 19.9 Å². The van der Waals surface area contributed by atoms with Gasteiger partial charge in [0.05, 0.1) is 6.20 Å². The van der Waals surface area contributed by atoms with Crippen molar-refractivity contribution < 1.29 is 4.79 Å². The van der Waals surface area contributed by atoms with E-state index in [1.54, 1.807) is 0 Å². The van der Waals surface area contributed by atoms with E-state index in [1.165, 1.54) is 6.08 Å². The van der Waals surface area contributed by atoms with Crippen molar-refractivity contribution in [3.8, 4) is 0 Å². The second-order valence-corrected chi connectivity index (χ2v) is 9.56. The Bertz CT molecular complexity index is 1150. The average Bonchev–Trinajstić information content (AvgIpc) is 3.20. The number of anilines is 4. The lowest BCUT2D eigenvalue weighted by Crippen LogP contribution is -2.50. The molecule has 0 aliphatic carbocycles. The number of piperidine rings is 1. The lowest BCUT2D eigenvalue weighted by Gasteiger charge is -2.36. The number of fused-ring (bicyclic) bond motifs is 1. The minimum absolute atomic E-state index is 0.171. The maximum absolute atomic E-state index is 11.7. The number of benzene rings is 1. The molecule has 1 amide bonds.